The van der Waals surface area contributed by atoms with Crippen molar-refractivity contribution in [2.75, 3.05) is 45.8 Å². The number of nitrogens with one attached hydrogen (secondary N) is 5. The minimum Gasteiger partial charge on any atom is -0.481 e. The molecule has 0 bridgehead atoms. The quantitative estimate of drug-likeness (QED) is 0.107. The number of unbranched alkanes of at least 4 members (excludes halogenated alkanes) is 7. The normalized spacial score (nSPS) is 10.9. The summed E-state index contributed by atoms with van der Waals surface area (Å²) < 4.78 is 0. The van der Waals surface area contributed by atoms with Crippen molar-refractivity contribution in [3.63, 3.8) is 0 Å². The second-order valence-corrected chi connectivity index (χ2v) is 6.91. The fourth-order valence-corrected chi connectivity index (χ4v) is 2.72. The Labute approximate surface area is 169 Å². The molecule has 0 fully saturated rings. The van der Waals surface area contributed by atoms with E-state index in [2.05, 4.69) is 26.8 Å². The van der Waals surface area contributed by atoms with Crippen molar-refractivity contribution in [3.8, 4) is 0 Å². The lowest BCUT2D eigenvalue weighted by atomic mass is 10.1. The Morgan fingerprint density at radius 2 is 1.07 bits per heavy atom. The second-order valence-electron chi connectivity index (χ2n) is 6.91. The zero-order valence-electron chi connectivity index (χ0n) is 17.2. The number of aliphatic carboxylic acids is 1. The highest BCUT2D eigenvalue weighted by Gasteiger charge is 1.97. The predicted octanol–water partition coefficient (Wildman–Crippen LogP) is 1.51. The molecule has 1 amide bonds. The van der Waals surface area contributed by atoms with Crippen LogP contribution < -0.4 is 26.8 Å². The van der Waals surface area contributed by atoms with Crippen molar-refractivity contribution in [1.29, 1.82) is 0 Å². The molecular weight excluding hydrogens is 362 g/mol. The first-order chi connectivity index (χ1) is 13.6. The maximum atomic E-state index is 10.4. The van der Waals surface area contributed by atoms with E-state index in [1.165, 1.54) is 32.1 Å². The Kier molecular flexibility index (Phi) is 20.8. The summed E-state index contributed by atoms with van der Waals surface area (Å²) in [5, 5.41) is 26.1. The van der Waals surface area contributed by atoms with Gasteiger partial charge in [0.25, 0.3) is 0 Å². The van der Waals surface area contributed by atoms with Crippen LogP contribution in [0, 0.1) is 0 Å². The zero-order chi connectivity index (χ0) is 20.7. The van der Waals surface area contributed by atoms with Gasteiger partial charge in [0.2, 0.25) is 0 Å². The first-order valence-corrected chi connectivity index (χ1v) is 10.7. The Morgan fingerprint density at radius 1 is 0.536 bits per heavy atom. The maximum Gasteiger partial charge on any atom is 0.404 e. The monoisotopic (exact) mass is 403 g/mol. The van der Waals surface area contributed by atoms with Crippen LogP contribution in [0.3, 0.4) is 0 Å². The van der Waals surface area contributed by atoms with Gasteiger partial charge in [0.15, 0.2) is 0 Å². The number of carboxylic acid groups (broad SMARTS) is 2. The molecule has 0 aliphatic heterocycles. The summed E-state index contributed by atoms with van der Waals surface area (Å²) in [4.78, 5) is 20.6. The predicted molar refractivity (Wildman–Crippen MR) is 112 cm³/mol. The van der Waals surface area contributed by atoms with E-state index >= 15 is 0 Å². The third kappa shape index (κ3) is 24.6. The van der Waals surface area contributed by atoms with Crippen LogP contribution in [0.5, 0.6) is 0 Å². The van der Waals surface area contributed by atoms with Gasteiger partial charge in [-0.3, -0.25) is 15.6 Å². The van der Waals surface area contributed by atoms with Gasteiger partial charge in [0.05, 0.1) is 0 Å². The first kappa shape index (κ1) is 26.6. The molecule has 0 radical (unpaired) electrons. The van der Waals surface area contributed by atoms with Crippen LogP contribution in [0.1, 0.15) is 64.2 Å². The molecule has 9 nitrogen and oxygen atoms in total. The summed E-state index contributed by atoms with van der Waals surface area (Å²) in [5.74, 6) is -0.684. The van der Waals surface area contributed by atoms with Crippen LogP contribution in [-0.4, -0.2) is 68.1 Å². The molecule has 0 aromatic carbocycles. The number of carboxylic acids is 1. The van der Waals surface area contributed by atoms with Crippen molar-refractivity contribution in [2.24, 2.45) is 0 Å². The average Bonchev–Trinajstić information content (AvgIpc) is 2.65. The van der Waals surface area contributed by atoms with Gasteiger partial charge in [-0.2, -0.15) is 0 Å². The smallest absolute Gasteiger partial charge is 0.404 e. The lowest BCUT2D eigenvalue weighted by Gasteiger charge is -2.08. The van der Waals surface area contributed by atoms with Gasteiger partial charge < -0.3 is 26.2 Å². The van der Waals surface area contributed by atoms with Crippen LogP contribution >= 0.6 is 0 Å². The number of amides is 1. The molecule has 0 spiro atoms. The molecule has 0 heterocycles. The molecule has 166 valence electrons. The van der Waals surface area contributed by atoms with E-state index in [4.69, 9.17) is 10.2 Å². The number of hydrogen-bond donors (Lipinski definition) is 7. The van der Waals surface area contributed by atoms with Crippen molar-refractivity contribution in [3.05, 3.63) is 0 Å². The van der Waals surface area contributed by atoms with E-state index in [9.17, 15) is 9.59 Å². The molecule has 0 aliphatic rings. The highest BCUT2D eigenvalue weighted by atomic mass is 16.4. The second kappa shape index (κ2) is 21.9. The van der Waals surface area contributed by atoms with Crippen molar-refractivity contribution < 1.29 is 19.8 Å². The van der Waals surface area contributed by atoms with Crippen LogP contribution in [0.4, 0.5) is 4.79 Å². The molecule has 7 N–H and O–H groups in total. The van der Waals surface area contributed by atoms with Crippen molar-refractivity contribution >= 4 is 12.1 Å². The molecule has 0 saturated heterocycles. The van der Waals surface area contributed by atoms with Crippen LogP contribution in [0.15, 0.2) is 0 Å². The van der Waals surface area contributed by atoms with Gasteiger partial charge in [0.1, 0.15) is 0 Å². The highest BCUT2D eigenvalue weighted by molar-refractivity contribution is 5.66. The highest BCUT2D eigenvalue weighted by Crippen LogP contribution is 2.09. The molecule has 0 aromatic heterocycles. The van der Waals surface area contributed by atoms with E-state index in [0.717, 1.165) is 58.4 Å². The van der Waals surface area contributed by atoms with E-state index < -0.39 is 12.1 Å². The Bertz CT molecular complexity index is 338. The molecule has 0 atom stereocenters. The standard InChI is InChI=1S/C19H41N5O4/c25-18(26)10-7-5-3-1-2-4-6-8-11-20-14-15-21-12-9-13-23-24-17-16-22-19(27)28/h20-24H,1-17H2,(H,25,26)(H,27,28). The van der Waals surface area contributed by atoms with Crippen LogP contribution in [0.25, 0.3) is 0 Å². The molecule has 0 rings (SSSR count). The molecule has 0 aliphatic carbocycles. The minimum absolute atomic E-state index is 0.308. The van der Waals surface area contributed by atoms with Gasteiger partial charge >= 0.3 is 12.1 Å². The lowest BCUT2D eigenvalue weighted by molar-refractivity contribution is -0.137. The summed E-state index contributed by atoms with van der Waals surface area (Å²) in [6.45, 7) is 5.76. The summed E-state index contributed by atoms with van der Waals surface area (Å²) in [7, 11) is 0. The molecule has 28 heavy (non-hydrogen) atoms. The van der Waals surface area contributed by atoms with E-state index in [0.29, 0.717) is 19.5 Å². The SMILES string of the molecule is O=C(O)CCCCCCCCCCNCCNCCCNNCCNC(=O)O. The largest absolute Gasteiger partial charge is 0.481 e. The average molecular weight is 404 g/mol. The van der Waals surface area contributed by atoms with E-state index in [1.54, 1.807) is 0 Å². The third-order valence-electron chi connectivity index (χ3n) is 4.28. The Morgan fingerprint density at radius 3 is 1.68 bits per heavy atom. The minimum atomic E-state index is -0.999. The summed E-state index contributed by atoms with van der Waals surface area (Å²) in [6, 6.07) is 0. The fourth-order valence-electron chi connectivity index (χ4n) is 2.72. The number of carbonyl (C=O) groups is 2. The topological polar surface area (TPSA) is 135 Å². The van der Waals surface area contributed by atoms with Gasteiger partial charge in [-0.25, -0.2) is 4.79 Å². The third-order valence-corrected chi connectivity index (χ3v) is 4.28. The lowest BCUT2D eigenvalue weighted by Crippen LogP contribution is -2.39. The zero-order valence-corrected chi connectivity index (χ0v) is 17.2. The number of hydrazine groups is 1. The van der Waals surface area contributed by atoms with Gasteiger partial charge in [-0.1, -0.05) is 38.5 Å². The Hall–Kier alpha value is -1.42. The van der Waals surface area contributed by atoms with Crippen molar-refractivity contribution in [1.82, 2.24) is 26.8 Å². The van der Waals surface area contributed by atoms with Crippen LogP contribution in [-0.2, 0) is 4.79 Å². The summed E-state index contributed by atoms with van der Waals surface area (Å²) in [6.07, 6.45) is 9.55. The molecule has 0 aromatic rings. The van der Waals surface area contributed by atoms with E-state index in [1.807, 2.05) is 0 Å². The number of rotatable bonds is 22. The fraction of sp³-hybridized carbons (Fsp3) is 0.895. The molecular formula is C19H41N5O4. The molecule has 0 unspecified atom stereocenters. The first-order valence-electron chi connectivity index (χ1n) is 10.7. The maximum absolute atomic E-state index is 10.4. The molecule has 0 saturated carbocycles. The van der Waals surface area contributed by atoms with E-state index in [-0.39, 0.29) is 0 Å². The van der Waals surface area contributed by atoms with Gasteiger partial charge in [0, 0.05) is 39.1 Å². The number of hydrogen-bond acceptors (Lipinski definition) is 6. The van der Waals surface area contributed by atoms with Gasteiger partial charge in [-0.15, -0.1) is 0 Å². The molecule has 9 heteroatoms. The van der Waals surface area contributed by atoms with Gasteiger partial charge in [-0.05, 0) is 32.4 Å². The van der Waals surface area contributed by atoms with Crippen LogP contribution in [0.2, 0.25) is 0 Å². The summed E-state index contributed by atoms with van der Waals surface area (Å²) >= 11 is 0. The van der Waals surface area contributed by atoms with Crippen molar-refractivity contribution in [2.45, 2.75) is 64.2 Å². The Balaban J connectivity index is 3.01. The summed E-state index contributed by atoms with van der Waals surface area (Å²) in [5.41, 5.74) is 6.01.